The fourth-order valence-electron chi connectivity index (χ4n) is 1.26. The summed E-state index contributed by atoms with van der Waals surface area (Å²) < 4.78 is 26.5. The first kappa shape index (κ1) is 7.71. The molecule has 0 N–H and O–H groups in total. The molecule has 0 radical (unpaired) electrons. The van der Waals surface area contributed by atoms with Gasteiger partial charge in [0, 0.05) is 25.1 Å². The molecule has 1 saturated carbocycles. The van der Waals surface area contributed by atoms with Crippen molar-refractivity contribution in [2.45, 2.75) is 25.8 Å². The summed E-state index contributed by atoms with van der Waals surface area (Å²) >= 11 is 0. The van der Waals surface area contributed by atoms with E-state index in [9.17, 15) is 8.78 Å². The monoisotopic (exact) mass is 172 g/mol. The largest absolute Gasteiger partial charge is 0.272 e. The minimum absolute atomic E-state index is 0.0197. The second kappa shape index (κ2) is 2.28. The van der Waals surface area contributed by atoms with Crippen LogP contribution in [-0.4, -0.2) is 15.7 Å². The summed E-state index contributed by atoms with van der Waals surface area (Å²) in [5.41, 5.74) is 1.01. The molecule has 0 aromatic carbocycles. The Labute approximate surface area is 69.2 Å². The molecule has 2 rings (SSSR count). The van der Waals surface area contributed by atoms with Gasteiger partial charge in [-0.15, -0.1) is 0 Å². The normalized spacial score (nSPS) is 25.8. The van der Waals surface area contributed by atoms with Crippen LogP contribution in [0.3, 0.4) is 0 Å². The van der Waals surface area contributed by atoms with Crippen LogP contribution in [0.15, 0.2) is 12.4 Å². The van der Waals surface area contributed by atoms with Gasteiger partial charge in [-0.3, -0.25) is 4.68 Å². The van der Waals surface area contributed by atoms with Gasteiger partial charge in [0.15, 0.2) is 0 Å². The lowest BCUT2D eigenvalue weighted by molar-refractivity contribution is 0.0942. The van der Waals surface area contributed by atoms with Crippen LogP contribution < -0.4 is 0 Å². The first-order chi connectivity index (χ1) is 5.58. The van der Waals surface area contributed by atoms with Crippen molar-refractivity contribution in [3.05, 3.63) is 18.0 Å². The van der Waals surface area contributed by atoms with Crippen LogP contribution in [0.2, 0.25) is 0 Å². The molecule has 4 heteroatoms. The smallest absolute Gasteiger partial charge is 0.253 e. The fourth-order valence-corrected chi connectivity index (χ4v) is 1.26. The number of aromatic nitrogens is 2. The molecule has 66 valence electrons. The first-order valence-corrected chi connectivity index (χ1v) is 3.95. The summed E-state index contributed by atoms with van der Waals surface area (Å²) in [6.45, 7) is 2.25. The Morgan fingerprint density at radius 3 is 2.83 bits per heavy atom. The van der Waals surface area contributed by atoms with E-state index in [4.69, 9.17) is 0 Å². The molecule has 1 fully saturated rings. The molecule has 0 spiro atoms. The molecule has 0 unspecified atom stereocenters. The van der Waals surface area contributed by atoms with E-state index in [1.165, 1.54) is 0 Å². The Bertz CT molecular complexity index is 293. The fraction of sp³-hybridized carbons (Fsp3) is 0.625. The molecule has 1 aromatic heterocycles. The molecular formula is C8H10F2N2. The summed E-state index contributed by atoms with van der Waals surface area (Å²) in [6.07, 6.45) is 3.49. The zero-order valence-electron chi connectivity index (χ0n) is 6.80. The molecule has 0 saturated heterocycles. The van der Waals surface area contributed by atoms with E-state index in [2.05, 4.69) is 5.10 Å². The summed E-state index contributed by atoms with van der Waals surface area (Å²) in [5, 5.41) is 3.94. The van der Waals surface area contributed by atoms with Crippen molar-refractivity contribution in [1.82, 2.24) is 9.78 Å². The van der Waals surface area contributed by atoms with Crippen LogP contribution in [0, 0.1) is 12.8 Å². The van der Waals surface area contributed by atoms with E-state index in [1.807, 2.05) is 6.92 Å². The maximum absolute atomic E-state index is 12.4. The van der Waals surface area contributed by atoms with E-state index in [1.54, 1.807) is 17.1 Å². The highest BCUT2D eigenvalue weighted by molar-refractivity contribution is 5.01. The van der Waals surface area contributed by atoms with Crippen molar-refractivity contribution in [3.63, 3.8) is 0 Å². The lowest BCUT2D eigenvalue weighted by Gasteiger charge is -1.98. The average molecular weight is 172 g/mol. The number of nitrogens with zero attached hydrogens (tertiary/aromatic N) is 2. The third kappa shape index (κ3) is 1.33. The number of hydrogen-bond acceptors (Lipinski definition) is 1. The van der Waals surface area contributed by atoms with Gasteiger partial charge < -0.3 is 0 Å². The van der Waals surface area contributed by atoms with Gasteiger partial charge in [0.1, 0.15) is 0 Å². The zero-order valence-corrected chi connectivity index (χ0v) is 6.80. The van der Waals surface area contributed by atoms with Crippen LogP contribution >= 0.6 is 0 Å². The highest BCUT2D eigenvalue weighted by Gasteiger charge is 2.56. The molecule has 1 aliphatic rings. The molecule has 1 aromatic rings. The topological polar surface area (TPSA) is 17.8 Å². The zero-order chi connectivity index (χ0) is 8.77. The van der Waals surface area contributed by atoms with Gasteiger partial charge in [0.2, 0.25) is 0 Å². The second-order valence-corrected chi connectivity index (χ2v) is 3.40. The molecule has 1 atom stereocenters. The predicted octanol–water partition coefficient (Wildman–Crippen LogP) is 1.85. The van der Waals surface area contributed by atoms with E-state index in [0.717, 1.165) is 5.56 Å². The summed E-state index contributed by atoms with van der Waals surface area (Å²) in [5.74, 6) is -2.92. The minimum atomic E-state index is -2.43. The highest BCUT2D eigenvalue weighted by Crippen LogP contribution is 2.49. The van der Waals surface area contributed by atoms with Crippen LogP contribution in [0.25, 0.3) is 0 Å². The average Bonchev–Trinajstić information content (AvgIpc) is 2.41. The SMILES string of the molecule is Cc1cnn(C[C@@H]2CC2(F)F)c1. The number of hydrogen-bond donors (Lipinski definition) is 0. The van der Waals surface area contributed by atoms with Crippen molar-refractivity contribution in [1.29, 1.82) is 0 Å². The van der Waals surface area contributed by atoms with Crippen molar-refractivity contribution in [2.24, 2.45) is 5.92 Å². The number of alkyl halides is 2. The van der Waals surface area contributed by atoms with E-state index in [-0.39, 0.29) is 6.42 Å². The lowest BCUT2D eigenvalue weighted by Crippen LogP contribution is -2.05. The number of rotatable bonds is 2. The van der Waals surface area contributed by atoms with Gasteiger partial charge in [-0.05, 0) is 12.5 Å². The molecule has 1 heterocycles. The summed E-state index contributed by atoms with van der Waals surface area (Å²) in [4.78, 5) is 0. The summed E-state index contributed by atoms with van der Waals surface area (Å²) in [6, 6.07) is 0. The van der Waals surface area contributed by atoms with Crippen LogP contribution in [-0.2, 0) is 6.54 Å². The maximum Gasteiger partial charge on any atom is 0.253 e. The number of aryl methyl sites for hydroxylation is 1. The second-order valence-electron chi connectivity index (χ2n) is 3.40. The third-order valence-electron chi connectivity index (χ3n) is 2.13. The Morgan fingerprint density at radius 2 is 2.42 bits per heavy atom. The molecule has 1 aliphatic carbocycles. The van der Waals surface area contributed by atoms with Gasteiger partial charge in [0.05, 0.1) is 6.20 Å². The van der Waals surface area contributed by atoms with Crippen LogP contribution in [0.1, 0.15) is 12.0 Å². The molecule has 0 amide bonds. The molecule has 0 bridgehead atoms. The van der Waals surface area contributed by atoms with Crippen LogP contribution in [0.5, 0.6) is 0 Å². The summed E-state index contributed by atoms with van der Waals surface area (Å²) in [7, 11) is 0. The van der Waals surface area contributed by atoms with Gasteiger partial charge in [-0.25, -0.2) is 8.78 Å². The van der Waals surface area contributed by atoms with Gasteiger partial charge in [0.25, 0.3) is 5.92 Å². The molecular weight excluding hydrogens is 162 g/mol. The Balaban J connectivity index is 1.97. The Kier molecular flexibility index (Phi) is 1.46. The third-order valence-corrected chi connectivity index (χ3v) is 2.13. The number of halogens is 2. The highest BCUT2D eigenvalue weighted by atomic mass is 19.3. The predicted molar refractivity (Wildman–Crippen MR) is 40.0 cm³/mol. The van der Waals surface area contributed by atoms with Crippen LogP contribution in [0.4, 0.5) is 8.78 Å². The van der Waals surface area contributed by atoms with Gasteiger partial charge in [-0.1, -0.05) is 0 Å². The van der Waals surface area contributed by atoms with E-state index < -0.39 is 11.8 Å². The molecule has 12 heavy (non-hydrogen) atoms. The minimum Gasteiger partial charge on any atom is -0.272 e. The van der Waals surface area contributed by atoms with Crippen molar-refractivity contribution in [3.8, 4) is 0 Å². The maximum atomic E-state index is 12.4. The van der Waals surface area contributed by atoms with Crippen molar-refractivity contribution >= 4 is 0 Å². The quantitative estimate of drug-likeness (QED) is 0.665. The Morgan fingerprint density at radius 1 is 1.75 bits per heavy atom. The molecule has 0 aliphatic heterocycles. The molecule has 2 nitrogen and oxygen atoms in total. The Hall–Kier alpha value is -0.930. The van der Waals surface area contributed by atoms with Gasteiger partial charge in [-0.2, -0.15) is 5.10 Å². The van der Waals surface area contributed by atoms with Gasteiger partial charge >= 0.3 is 0 Å². The van der Waals surface area contributed by atoms with Crippen molar-refractivity contribution < 1.29 is 8.78 Å². The van der Waals surface area contributed by atoms with E-state index >= 15 is 0 Å². The standard InChI is InChI=1S/C8H10F2N2/c1-6-3-11-12(4-6)5-7-2-8(7,9)10/h3-4,7H,2,5H2,1H3/t7-/m0/s1. The lowest BCUT2D eigenvalue weighted by atomic mass is 10.4. The van der Waals surface area contributed by atoms with Crippen molar-refractivity contribution in [2.75, 3.05) is 0 Å². The first-order valence-electron chi connectivity index (χ1n) is 3.95. The van der Waals surface area contributed by atoms with E-state index in [0.29, 0.717) is 6.54 Å².